The summed E-state index contributed by atoms with van der Waals surface area (Å²) in [5.41, 5.74) is 3.53. The Morgan fingerprint density at radius 3 is 2.07 bits per heavy atom. The lowest BCUT2D eigenvalue weighted by Gasteiger charge is -2.17. The van der Waals surface area contributed by atoms with Gasteiger partial charge in [-0.1, -0.05) is 43.2 Å². The van der Waals surface area contributed by atoms with E-state index >= 15 is 0 Å². The summed E-state index contributed by atoms with van der Waals surface area (Å²) in [6, 6.07) is 6.45. The SMILES string of the molecule is Cc1cc(C)cc(CC(C)(C)C=O)c1. The van der Waals surface area contributed by atoms with Crippen LogP contribution in [-0.4, -0.2) is 6.29 Å². The van der Waals surface area contributed by atoms with Gasteiger partial charge in [0, 0.05) is 5.41 Å². The van der Waals surface area contributed by atoms with Gasteiger partial charge < -0.3 is 4.79 Å². The Kier molecular flexibility index (Phi) is 3.10. The van der Waals surface area contributed by atoms with Gasteiger partial charge in [0.05, 0.1) is 0 Å². The molecule has 1 aromatic carbocycles. The first-order chi connectivity index (χ1) is 6.43. The first-order valence-electron chi connectivity index (χ1n) is 4.96. The highest BCUT2D eigenvalue weighted by atomic mass is 16.1. The minimum Gasteiger partial charge on any atom is -0.303 e. The molecule has 0 fully saturated rings. The predicted octanol–water partition coefficient (Wildman–Crippen LogP) is 3.07. The maximum absolute atomic E-state index is 10.8. The second-order valence-corrected chi connectivity index (χ2v) is 4.78. The molecular formula is C13H18O. The Morgan fingerprint density at radius 2 is 1.64 bits per heavy atom. The largest absolute Gasteiger partial charge is 0.303 e. The molecular weight excluding hydrogens is 172 g/mol. The standard InChI is InChI=1S/C13H18O/c1-10-5-11(2)7-12(6-10)8-13(3,4)9-14/h5-7,9H,8H2,1-4H3. The average Bonchev–Trinajstić information content (AvgIpc) is 2.01. The summed E-state index contributed by atoms with van der Waals surface area (Å²) in [5.74, 6) is 0. The van der Waals surface area contributed by atoms with E-state index in [9.17, 15) is 4.79 Å². The molecule has 1 nitrogen and oxygen atoms in total. The third-order valence-corrected chi connectivity index (χ3v) is 2.26. The third-order valence-electron chi connectivity index (χ3n) is 2.26. The Balaban J connectivity index is 2.92. The van der Waals surface area contributed by atoms with Gasteiger partial charge in [0.2, 0.25) is 0 Å². The molecule has 0 saturated heterocycles. The maximum atomic E-state index is 10.8. The molecule has 0 heterocycles. The van der Waals surface area contributed by atoms with Crippen molar-refractivity contribution in [2.45, 2.75) is 34.1 Å². The van der Waals surface area contributed by atoms with Crippen LogP contribution >= 0.6 is 0 Å². The van der Waals surface area contributed by atoms with Crippen molar-refractivity contribution in [3.05, 3.63) is 34.9 Å². The van der Waals surface area contributed by atoms with E-state index in [1.807, 2.05) is 13.8 Å². The predicted molar refractivity (Wildman–Crippen MR) is 59.5 cm³/mol. The lowest BCUT2D eigenvalue weighted by Crippen LogP contribution is -2.16. The monoisotopic (exact) mass is 190 g/mol. The minimum atomic E-state index is -0.250. The van der Waals surface area contributed by atoms with E-state index in [1.165, 1.54) is 16.7 Å². The van der Waals surface area contributed by atoms with Gasteiger partial charge in [-0.15, -0.1) is 0 Å². The number of hydrogen-bond donors (Lipinski definition) is 0. The van der Waals surface area contributed by atoms with E-state index in [4.69, 9.17) is 0 Å². The van der Waals surface area contributed by atoms with Crippen LogP contribution in [0, 0.1) is 19.3 Å². The van der Waals surface area contributed by atoms with Gasteiger partial charge in [0.25, 0.3) is 0 Å². The van der Waals surface area contributed by atoms with Gasteiger partial charge in [-0.2, -0.15) is 0 Å². The molecule has 0 amide bonds. The molecule has 0 N–H and O–H groups in total. The fraction of sp³-hybridized carbons (Fsp3) is 0.462. The first-order valence-corrected chi connectivity index (χ1v) is 4.96. The average molecular weight is 190 g/mol. The highest BCUT2D eigenvalue weighted by Crippen LogP contribution is 2.20. The van der Waals surface area contributed by atoms with Crippen LogP contribution in [-0.2, 0) is 11.2 Å². The number of aldehydes is 1. The zero-order valence-corrected chi connectivity index (χ0v) is 9.42. The second-order valence-electron chi connectivity index (χ2n) is 4.78. The molecule has 76 valence electrons. The van der Waals surface area contributed by atoms with Crippen molar-refractivity contribution in [1.29, 1.82) is 0 Å². The Bertz CT molecular complexity index is 317. The number of carbonyl (C=O) groups excluding carboxylic acids is 1. The number of hydrogen-bond acceptors (Lipinski definition) is 1. The molecule has 1 heteroatoms. The van der Waals surface area contributed by atoms with Crippen LogP contribution in [0.3, 0.4) is 0 Å². The van der Waals surface area contributed by atoms with Gasteiger partial charge in [-0.05, 0) is 25.8 Å². The molecule has 0 atom stereocenters. The van der Waals surface area contributed by atoms with Crippen LogP contribution in [0.5, 0.6) is 0 Å². The molecule has 0 saturated carbocycles. The zero-order chi connectivity index (χ0) is 10.8. The van der Waals surface area contributed by atoms with Crippen LogP contribution in [0.4, 0.5) is 0 Å². The molecule has 0 unspecified atom stereocenters. The Morgan fingerprint density at radius 1 is 1.14 bits per heavy atom. The van der Waals surface area contributed by atoms with Gasteiger partial charge in [-0.25, -0.2) is 0 Å². The molecule has 14 heavy (non-hydrogen) atoms. The van der Waals surface area contributed by atoms with Crippen molar-refractivity contribution in [1.82, 2.24) is 0 Å². The number of carbonyl (C=O) groups is 1. The van der Waals surface area contributed by atoms with Gasteiger partial charge in [-0.3, -0.25) is 0 Å². The van der Waals surface area contributed by atoms with Crippen molar-refractivity contribution in [2.24, 2.45) is 5.41 Å². The summed E-state index contributed by atoms with van der Waals surface area (Å²) in [6.07, 6.45) is 1.85. The summed E-state index contributed by atoms with van der Waals surface area (Å²) in [5, 5.41) is 0. The molecule has 0 bridgehead atoms. The Hall–Kier alpha value is -1.11. The normalized spacial score (nSPS) is 11.4. The van der Waals surface area contributed by atoms with Crippen molar-refractivity contribution in [2.75, 3.05) is 0 Å². The van der Waals surface area contributed by atoms with Crippen LogP contribution in [0.15, 0.2) is 18.2 Å². The molecule has 0 spiro atoms. The lowest BCUT2D eigenvalue weighted by molar-refractivity contribution is -0.114. The van der Waals surface area contributed by atoms with Gasteiger partial charge in [0.15, 0.2) is 0 Å². The molecule has 0 radical (unpaired) electrons. The quantitative estimate of drug-likeness (QED) is 0.669. The van der Waals surface area contributed by atoms with E-state index in [1.54, 1.807) is 0 Å². The second kappa shape index (κ2) is 3.95. The zero-order valence-electron chi connectivity index (χ0n) is 9.42. The van der Waals surface area contributed by atoms with E-state index in [0.717, 1.165) is 12.7 Å². The highest BCUT2D eigenvalue weighted by molar-refractivity contribution is 5.58. The van der Waals surface area contributed by atoms with Crippen LogP contribution in [0.2, 0.25) is 0 Å². The van der Waals surface area contributed by atoms with Crippen LogP contribution in [0.1, 0.15) is 30.5 Å². The van der Waals surface area contributed by atoms with Crippen molar-refractivity contribution < 1.29 is 4.79 Å². The maximum Gasteiger partial charge on any atom is 0.125 e. The van der Waals surface area contributed by atoms with E-state index in [-0.39, 0.29) is 5.41 Å². The van der Waals surface area contributed by atoms with Gasteiger partial charge >= 0.3 is 0 Å². The third kappa shape index (κ3) is 2.99. The van der Waals surface area contributed by atoms with Crippen LogP contribution in [0.25, 0.3) is 0 Å². The fourth-order valence-corrected chi connectivity index (χ4v) is 1.74. The lowest BCUT2D eigenvalue weighted by atomic mass is 9.86. The van der Waals surface area contributed by atoms with Gasteiger partial charge in [0.1, 0.15) is 6.29 Å². The molecule has 0 aromatic heterocycles. The van der Waals surface area contributed by atoms with Crippen molar-refractivity contribution in [3.8, 4) is 0 Å². The number of aryl methyl sites for hydroxylation is 2. The highest BCUT2D eigenvalue weighted by Gasteiger charge is 2.17. The van der Waals surface area contributed by atoms with Crippen LogP contribution < -0.4 is 0 Å². The molecule has 0 aliphatic carbocycles. The van der Waals surface area contributed by atoms with Crippen molar-refractivity contribution in [3.63, 3.8) is 0 Å². The smallest absolute Gasteiger partial charge is 0.125 e. The summed E-state index contributed by atoms with van der Waals surface area (Å²) in [6.45, 7) is 8.12. The van der Waals surface area contributed by atoms with E-state index < -0.39 is 0 Å². The summed E-state index contributed by atoms with van der Waals surface area (Å²) in [7, 11) is 0. The first kappa shape index (κ1) is 11.0. The number of benzene rings is 1. The summed E-state index contributed by atoms with van der Waals surface area (Å²) in [4.78, 5) is 10.8. The minimum absolute atomic E-state index is 0.250. The number of rotatable bonds is 3. The Labute approximate surface area is 86.1 Å². The molecule has 1 aromatic rings. The molecule has 0 aliphatic rings. The topological polar surface area (TPSA) is 17.1 Å². The summed E-state index contributed by atoms with van der Waals surface area (Å²) < 4.78 is 0. The van der Waals surface area contributed by atoms with E-state index in [0.29, 0.717) is 0 Å². The van der Waals surface area contributed by atoms with E-state index in [2.05, 4.69) is 32.0 Å². The van der Waals surface area contributed by atoms with Crippen molar-refractivity contribution >= 4 is 6.29 Å². The summed E-state index contributed by atoms with van der Waals surface area (Å²) >= 11 is 0. The molecule has 0 aliphatic heterocycles. The molecule has 1 rings (SSSR count). The fourth-order valence-electron chi connectivity index (χ4n) is 1.74.